The molecule has 2 aromatic heterocycles. The molecule has 0 unspecified atom stereocenters. The molecule has 0 aliphatic carbocycles. The number of fused-ring (bicyclic) bond motifs is 1. The van der Waals surface area contributed by atoms with Gasteiger partial charge in [-0.2, -0.15) is 5.10 Å². The van der Waals surface area contributed by atoms with E-state index in [1.54, 1.807) is 18.2 Å². The maximum Gasteiger partial charge on any atom is 0.277 e. The second kappa shape index (κ2) is 8.05. The third kappa shape index (κ3) is 3.69. The predicted molar refractivity (Wildman–Crippen MR) is 118 cm³/mol. The van der Waals surface area contributed by atoms with Crippen LogP contribution in [0.15, 0.2) is 53.1 Å². The molecule has 0 atom stereocenters. The number of benzene rings is 2. The monoisotopic (exact) mass is 450 g/mol. The van der Waals surface area contributed by atoms with Crippen molar-refractivity contribution in [1.29, 1.82) is 0 Å². The Morgan fingerprint density at radius 2 is 1.94 bits per heavy atom. The molecule has 0 radical (unpaired) electrons. The summed E-state index contributed by atoms with van der Waals surface area (Å²) in [5.74, 6) is 1.37. The Morgan fingerprint density at radius 1 is 1.12 bits per heavy atom. The quantitative estimate of drug-likeness (QED) is 0.468. The lowest BCUT2D eigenvalue weighted by Crippen LogP contribution is -2.13. The van der Waals surface area contributed by atoms with E-state index in [0.717, 1.165) is 16.8 Å². The normalized spacial score (nSPS) is 12.2. The fourth-order valence-electron chi connectivity index (χ4n) is 3.57. The smallest absolute Gasteiger partial charge is 0.277 e. The van der Waals surface area contributed by atoms with Crippen LogP contribution in [-0.2, 0) is 6.54 Å². The van der Waals surface area contributed by atoms with Gasteiger partial charge in [0, 0.05) is 16.7 Å². The molecule has 0 bridgehead atoms. The van der Waals surface area contributed by atoms with E-state index in [1.165, 1.54) is 0 Å². The van der Waals surface area contributed by atoms with Gasteiger partial charge in [0.2, 0.25) is 6.79 Å². The van der Waals surface area contributed by atoms with Crippen molar-refractivity contribution in [3.63, 3.8) is 0 Å². The van der Waals surface area contributed by atoms with Gasteiger partial charge < -0.3 is 19.3 Å². The lowest BCUT2D eigenvalue weighted by Gasteiger charge is -2.07. The first-order valence-electron chi connectivity index (χ1n) is 9.95. The Hall–Kier alpha value is -3.78. The fourth-order valence-corrected chi connectivity index (χ4v) is 3.76. The number of anilines is 1. The van der Waals surface area contributed by atoms with Crippen molar-refractivity contribution in [3.8, 4) is 22.8 Å². The van der Waals surface area contributed by atoms with E-state index < -0.39 is 0 Å². The number of carbonyl (C=O) groups excluding carboxylic acids is 1. The van der Waals surface area contributed by atoms with Gasteiger partial charge in [0.1, 0.15) is 0 Å². The van der Waals surface area contributed by atoms with Crippen LogP contribution in [0.2, 0.25) is 5.02 Å². The van der Waals surface area contributed by atoms with E-state index in [-0.39, 0.29) is 18.4 Å². The Kier molecular flexibility index (Phi) is 5.07. The van der Waals surface area contributed by atoms with Crippen molar-refractivity contribution in [3.05, 3.63) is 76.2 Å². The Bertz CT molecular complexity index is 1330. The van der Waals surface area contributed by atoms with Crippen molar-refractivity contribution in [2.24, 2.45) is 0 Å². The van der Waals surface area contributed by atoms with E-state index in [2.05, 4.69) is 15.6 Å². The summed E-state index contributed by atoms with van der Waals surface area (Å²) in [7, 11) is 0. The zero-order valence-corrected chi connectivity index (χ0v) is 18.1. The van der Waals surface area contributed by atoms with Gasteiger partial charge in [-0.15, -0.1) is 0 Å². The summed E-state index contributed by atoms with van der Waals surface area (Å²) in [6.07, 6.45) is 0. The average molecular weight is 451 g/mol. The number of nitrogens with one attached hydrogen (secondary N) is 1. The number of carbonyl (C=O) groups is 1. The number of ether oxygens (including phenoxy) is 2. The van der Waals surface area contributed by atoms with Gasteiger partial charge in [-0.1, -0.05) is 35.0 Å². The van der Waals surface area contributed by atoms with Crippen LogP contribution in [0.1, 0.15) is 27.4 Å². The highest BCUT2D eigenvalue weighted by Gasteiger charge is 2.20. The first kappa shape index (κ1) is 20.1. The second-order valence-corrected chi connectivity index (χ2v) is 7.80. The largest absolute Gasteiger partial charge is 0.454 e. The summed E-state index contributed by atoms with van der Waals surface area (Å²) in [5, 5.41) is 12.0. The lowest BCUT2D eigenvalue weighted by molar-refractivity contribution is 0.101. The number of hydrogen-bond acceptors (Lipinski definition) is 6. The fraction of sp³-hybridized carbons (Fsp3) is 0.174. The molecule has 3 heterocycles. The molecule has 0 saturated heterocycles. The molecule has 0 spiro atoms. The molecule has 9 heteroatoms. The van der Waals surface area contributed by atoms with E-state index in [4.69, 9.17) is 25.6 Å². The van der Waals surface area contributed by atoms with Crippen molar-refractivity contribution >= 4 is 23.2 Å². The van der Waals surface area contributed by atoms with E-state index >= 15 is 0 Å². The molecule has 2 aromatic carbocycles. The van der Waals surface area contributed by atoms with Gasteiger partial charge in [-0.3, -0.25) is 9.48 Å². The van der Waals surface area contributed by atoms with E-state index in [1.807, 2.05) is 48.9 Å². The highest BCUT2D eigenvalue weighted by atomic mass is 35.5. The van der Waals surface area contributed by atoms with Crippen molar-refractivity contribution in [1.82, 2.24) is 14.9 Å². The number of amides is 1. The molecule has 8 nitrogen and oxygen atoms in total. The molecular formula is C23H19ClN4O4. The van der Waals surface area contributed by atoms with Crippen LogP contribution in [0.4, 0.5) is 5.69 Å². The molecule has 1 amide bonds. The molecular weight excluding hydrogens is 432 g/mol. The molecule has 1 N–H and O–H groups in total. The molecule has 4 aromatic rings. The number of halogens is 1. The molecule has 32 heavy (non-hydrogen) atoms. The summed E-state index contributed by atoms with van der Waals surface area (Å²) in [6, 6.07) is 14.6. The van der Waals surface area contributed by atoms with Gasteiger partial charge in [0.15, 0.2) is 23.0 Å². The highest BCUT2D eigenvalue weighted by Crippen LogP contribution is 2.36. The lowest BCUT2D eigenvalue weighted by atomic mass is 10.1. The second-order valence-electron chi connectivity index (χ2n) is 7.39. The summed E-state index contributed by atoms with van der Waals surface area (Å²) in [4.78, 5) is 12.8. The minimum absolute atomic E-state index is 0.162. The summed E-state index contributed by atoms with van der Waals surface area (Å²) in [5.41, 5.74) is 3.99. The van der Waals surface area contributed by atoms with Crippen LogP contribution in [0.5, 0.6) is 11.5 Å². The third-order valence-corrected chi connectivity index (χ3v) is 5.67. The Balaban J connectivity index is 1.35. The first-order valence-corrected chi connectivity index (χ1v) is 10.3. The number of aromatic nitrogens is 3. The zero-order chi connectivity index (χ0) is 22.2. The number of rotatable bonds is 5. The summed E-state index contributed by atoms with van der Waals surface area (Å²) >= 11 is 6.28. The number of hydrogen-bond donors (Lipinski definition) is 1. The van der Waals surface area contributed by atoms with E-state index in [0.29, 0.717) is 40.2 Å². The minimum Gasteiger partial charge on any atom is -0.454 e. The summed E-state index contributed by atoms with van der Waals surface area (Å²) in [6.45, 7) is 4.42. The van der Waals surface area contributed by atoms with Crippen LogP contribution in [0, 0.1) is 13.8 Å². The molecule has 1 aliphatic heterocycles. The topological polar surface area (TPSA) is 91.4 Å². The zero-order valence-electron chi connectivity index (χ0n) is 17.4. The van der Waals surface area contributed by atoms with Crippen molar-refractivity contribution in [2.75, 3.05) is 12.1 Å². The molecule has 0 fully saturated rings. The average Bonchev–Trinajstić information content (AvgIpc) is 3.51. The molecule has 162 valence electrons. The number of aryl methyl sites for hydroxylation is 1. The molecule has 0 saturated carbocycles. The van der Waals surface area contributed by atoms with Gasteiger partial charge in [0.05, 0.1) is 23.6 Å². The van der Waals surface area contributed by atoms with Crippen LogP contribution < -0.4 is 14.8 Å². The molecule has 1 aliphatic rings. The van der Waals surface area contributed by atoms with Gasteiger partial charge in [-0.25, -0.2) is 0 Å². The van der Waals surface area contributed by atoms with Crippen molar-refractivity contribution < 1.29 is 18.8 Å². The van der Waals surface area contributed by atoms with Crippen LogP contribution in [0.25, 0.3) is 11.3 Å². The van der Waals surface area contributed by atoms with Gasteiger partial charge in [-0.05, 0) is 43.7 Å². The number of nitrogens with zero attached hydrogens (tertiary/aromatic N) is 3. The molecule has 5 rings (SSSR count). The van der Waals surface area contributed by atoms with Crippen LogP contribution in [0.3, 0.4) is 0 Å². The Morgan fingerprint density at radius 3 is 2.78 bits per heavy atom. The van der Waals surface area contributed by atoms with Gasteiger partial charge in [0.25, 0.3) is 5.91 Å². The van der Waals surface area contributed by atoms with Crippen molar-refractivity contribution in [2.45, 2.75) is 20.4 Å². The van der Waals surface area contributed by atoms with E-state index in [9.17, 15) is 4.79 Å². The van der Waals surface area contributed by atoms with Crippen LogP contribution in [-0.4, -0.2) is 27.6 Å². The maximum absolute atomic E-state index is 12.8. The standard InChI is InChI=1S/C23H19ClN4O4/c1-13-22(14(2)28(26-13)11-16-5-3-4-6-17(16)24)25-23(29)18-10-20(32-27-18)15-7-8-19-21(9-15)31-12-30-19/h3-10H,11-12H2,1-2H3,(H,25,29). The minimum atomic E-state index is -0.385. The van der Waals surface area contributed by atoms with Crippen LogP contribution >= 0.6 is 11.6 Å². The SMILES string of the molecule is Cc1nn(Cc2ccccc2Cl)c(C)c1NC(=O)c1cc(-c2ccc3c(c2)OCO3)on1. The third-order valence-electron chi connectivity index (χ3n) is 5.30. The highest BCUT2D eigenvalue weighted by molar-refractivity contribution is 6.31. The first-order chi connectivity index (χ1) is 15.5. The van der Waals surface area contributed by atoms with Gasteiger partial charge >= 0.3 is 0 Å². The maximum atomic E-state index is 12.8. The summed E-state index contributed by atoms with van der Waals surface area (Å²) < 4.78 is 17.9. The Labute approximate surface area is 188 Å². The predicted octanol–water partition coefficient (Wildman–Crippen LogP) is 4.84.